The van der Waals surface area contributed by atoms with Gasteiger partial charge in [0.2, 0.25) is 0 Å². The molecule has 0 aliphatic carbocycles. The highest BCUT2D eigenvalue weighted by Crippen LogP contribution is 2.14. The summed E-state index contributed by atoms with van der Waals surface area (Å²) in [5.41, 5.74) is 6.16. The van der Waals surface area contributed by atoms with Crippen molar-refractivity contribution in [1.82, 2.24) is 0 Å². The zero-order chi connectivity index (χ0) is 10.4. The maximum atomic E-state index is 10.4. The van der Waals surface area contributed by atoms with Crippen molar-refractivity contribution in [3.8, 4) is 11.8 Å². The average molecular weight is 209 g/mol. The molecule has 0 radical (unpaired) electrons. The highest BCUT2D eigenvalue weighted by atomic mass is 32.1. The summed E-state index contributed by atoms with van der Waals surface area (Å²) in [4.78, 5) is 11.2. The third kappa shape index (κ3) is 3.60. The van der Waals surface area contributed by atoms with Crippen LogP contribution in [0.1, 0.15) is 16.9 Å². The molecule has 0 unspecified atom stereocenters. The number of carboxylic acid groups (broad SMARTS) is 1. The van der Waals surface area contributed by atoms with Gasteiger partial charge >= 0.3 is 5.97 Å². The van der Waals surface area contributed by atoms with E-state index in [9.17, 15) is 4.79 Å². The Morgan fingerprint density at radius 2 is 2.43 bits per heavy atom. The van der Waals surface area contributed by atoms with Gasteiger partial charge in [0.15, 0.2) is 0 Å². The van der Waals surface area contributed by atoms with Crippen LogP contribution in [0.5, 0.6) is 0 Å². The monoisotopic (exact) mass is 209 g/mol. The third-order valence-electron chi connectivity index (χ3n) is 1.48. The fourth-order valence-corrected chi connectivity index (χ4v) is 1.73. The maximum absolute atomic E-state index is 10.4. The Morgan fingerprint density at radius 1 is 1.64 bits per heavy atom. The van der Waals surface area contributed by atoms with Gasteiger partial charge in [-0.1, -0.05) is 11.8 Å². The fraction of sp³-hybridized carbons (Fsp3) is 0.300. The highest BCUT2D eigenvalue weighted by Gasteiger charge is 2.02. The van der Waals surface area contributed by atoms with Gasteiger partial charge in [-0.15, -0.1) is 11.3 Å². The number of thiophene rings is 1. The van der Waals surface area contributed by atoms with E-state index in [2.05, 4.69) is 11.8 Å². The Morgan fingerprint density at radius 3 is 3.07 bits per heavy atom. The van der Waals surface area contributed by atoms with Crippen LogP contribution in [0.3, 0.4) is 0 Å². The van der Waals surface area contributed by atoms with Gasteiger partial charge in [-0.25, -0.2) is 0 Å². The summed E-state index contributed by atoms with van der Waals surface area (Å²) in [6.45, 7) is 0.555. The van der Waals surface area contributed by atoms with Crippen LogP contribution in [0.4, 0.5) is 0 Å². The molecule has 14 heavy (non-hydrogen) atoms. The van der Waals surface area contributed by atoms with Crippen LogP contribution < -0.4 is 5.73 Å². The second-order valence-electron chi connectivity index (χ2n) is 2.71. The molecule has 4 heteroatoms. The summed E-state index contributed by atoms with van der Waals surface area (Å²) >= 11 is 1.42. The van der Waals surface area contributed by atoms with Crippen LogP contribution in [-0.4, -0.2) is 17.6 Å². The number of hydrogen-bond acceptors (Lipinski definition) is 3. The predicted octanol–water partition coefficient (Wildman–Crippen LogP) is 1.08. The minimum Gasteiger partial charge on any atom is -0.481 e. The van der Waals surface area contributed by atoms with Crippen LogP contribution in [-0.2, 0) is 11.2 Å². The Bertz CT molecular complexity index is 373. The molecule has 0 aliphatic rings. The van der Waals surface area contributed by atoms with Crippen LogP contribution >= 0.6 is 11.3 Å². The number of nitrogens with two attached hydrogens (primary N) is 1. The Kier molecular flexibility index (Phi) is 4.17. The molecule has 1 rings (SSSR count). The normalized spacial score (nSPS) is 9.21. The van der Waals surface area contributed by atoms with E-state index < -0.39 is 5.97 Å². The van der Waals surface area contributed by atoms with Gasteiger partial charge in [-0.2, -0.15) is 0 Å². The van der Waals surface area contributed by atoms with Crippen molar-refractivity contribution >= 4 is 17.3 Å². The lowest BCUT2D eigenvalue weighted by molar-refractivity contribution is -0.136. The van der Waals surface area contributed by atoms with E-state index >= 15 is 0 Å². The number of aliphatic carboxylic acids is 1. The molecule has 1 aromatic heterocycles. The second-order valence-corrected chi connectivity index (χ2v) is 3.71. The number of carbonyl (C=O) groups is 1. The predicted molar refractivity (Wildman–Crippen MR) is 56.2 cm³/mol. The molecule has 3 nitrogen and oxygen atoms in total. The molecule has 1 aromatic rings. The lowest BCUT2D eigenvalue weighted by Gasteiger charge is -1.86. The van der Waals surface area contributed by atoms with Crippen molar-refractivity contribution in [3.63, 3.8) is 0 Å². The quantitative estimate of drug-likeness (QED) is 0.732. The molecule has 0 aromatic carbocycles. The van der Waals surface area contributed by atoms with E-state index in [1.807, 2.05) is 11.4 Å². The molecule has 0 fully saturated rings. The summed E-state index contributed by atoms with van der Waals surface area (Å²) < 4.78 is 0. The summed E-state index contributed by atoms with van der Waals surface area (Å²) in [5, 5.41) is 10.4. The first-order valence-corrected chi connectivity index (χ1v) is 5.08. The van der Waals surface area contributed by atoms with Crippen LogP contribution in [0.25, 0.3) is 0 Å². The van der Waals surface area contributed by atoms with Crippen molar-refractivity contribution in [3.05, 3.63) is 21.9 Å². The number of carboxylic acids is 1. The van der Waals surface area contributed by atoms with E-state index in [0.717, 1.165) is 10.4 Å². The van der Waals surface area contributed by atoms with Gasteiger partial charge in [0, 0.05) is 28.8 Å². The first-order valence-electron chi connectivity index (χ1n) is 4.20. The lowest BCUT2D eigenvalue weighted by Crippen LogP contribution is -1.97. The molecule has 0 saturated heterocycles. The Labute approximate surface area is 86.6 Å². The smallest absolute Gasteiger partial charge is 0.308 e. The molecule has 0 bridgehead atoms. The molecule has 0 amide bonds. The summed E-state index contributed by atoms with van der Waals surface area (Å²) in [6.07, 6.45) is 0.743. The Hall–Kier alpha value is -1.31. The van der Waals surface area contributed by atoms with Crippen molar-refractivity contribution in [1.29, 1.82) is 0 Å². The highest BCUT2D eigenvalue weighted by molar-refractivity contribution is 7.10. The zero-order valence-corrected chi connectivity index (χ0v) is 8.43. The van der Waals surface area contributed by atoms with E-state index in [1.54, 1.807) is 0 Å². The molecule has 3 N–H and O–H groups in total. The van der Waals surface area contributed by atoms with Crippen LogP contribution in [0.2, 0.25) is 0 Å². The van der Waals surface area contributed by atoms with Gasteiger partial charge < -0.3 is 10.8 Å². The van der Waals surface area contributed by atoms with E-state index in [1.165, 1.54) is 11.3 Å². The summed E-state index contributed by atoms with van der Waals surface area (Å²) in [6, 6.07) is 1.81. The van der Waals surface area contributed by atoms with Gasteiger partial charge in [0.1, 0.15) is 0 Å². The standard InChI is InChI=1S/C10H11NO2S/c11-4-2-1-3-8-5-9(14-7-8)6-10(12)13/h5,7H,2,4,6,11H2,(H,12,13). The van der Waals surface area contributed by atoms with Crippen molar-refractivity contribution < 1.29 is 9.90 Å². The number of rotatable bonds is 3. The molecule has 0 saturated carbocycles. The van der Waals surface area contributed by atoms with E-state index in [-0.39, 0.29) is 6.42 Å². The minimum atomic E-state index is -0.812. The molecular weight excluding hydrogens is 198 g/mol. The molecule has 0 atom stereocenters. The average Bonchev–Trinajstić information content (AvgIpc) is 2.52. The second kappa shape index (κ2) is 5.43. The third-order valence-corrected chi connectivity index (χ3v) is 2.42. The first-order chi connectivity index (χ1) is 6.72. The maximum Gasteiger partial charge on any atom is 0.308 e. The van der Waals surface area contributed by atoms with E-state index in [0.29, 0.717) is 13.0 Å². The number of hydrogen-bond donors (Lipinski definition) is 2. The topological polar surface area (TPSA) is 63.3 Å². The zero-order valence-electron chi connectivity index (χ0n) is 7.62. The van der Waals surface area contributed by atoms with Gasteiger partial charge in [-0.3, -0.25) is 4.79 Å². The largest absolute Gasteiger partial charge is 0.481 e. The van der Waals surface area contributed by atoms with Crippen molar-refractivity contribution in [2.24, 2.45) is 5.73 Å². The van der Waals surface area contributed by atoms with Crippen molar-refractivity contribution in [2.45, 2.75) is 12.8 Å². The van der Waals surface area contributed by atoms with Crippen LogP contribution in [0.15, 0.2) is 11.4 Å². The SMILES string of the molecule is NCCC#Cc1csc(CC(=O)O)c1. The van der Waals surface area contributed by atoms with Gasteiger partial charge in [0.05, 0.1) is 6.42 Å². The first kappa shape index (κ1) is 10.8. The van der Waals surface area contributed by atoms with Gasteiger partial charge in [0.25, 0.3) is 0 Å². The Balaban J connectivity index is 2.60. The molecule has 74 valence electrons. The van der Waals surface area contributed by atoms with Crippen molar-refractivity contribution in [2.75, 3.05) is 6.54 Å². The summed E-state index contributed by atoms with van der Waals surface area (Å²) in [5.74, 6) is 5.02. The minimum absolute atomic E-state index is 0.0727. The molecule has 1 heterocycles. The molecular formula is C10H11NO2S. The van der Waals surface area contributed by atoms with E-state index in [4.69, 9.17) is 10.8 Å². The fourth-order valence-electron chi connectivity index (χ4n) is 0.925. The van der Waals surface area contributed by atoms with Gasteiger partial charge in [-0.05, 0) is 6.07 Å². The van der Waals surface area contributed by atoms with Crippen LogP contribution in [0, 0.1) is 11.8 Å². The summed E-state index contributed by atoms with van der Waals surface area (Å²) in [7, 11) is 0. The molecule has 0 spiro atoms. The lowest BCUT2D eigenvalue weighted by atomic mass is 10.2. The molecule has 0 aliphatic heterocycles.